The summed E-state index contributed by atoms with van der Waals surface area (Å²) in [5.74, 6) is 0.0247. The van der Waals surface area contributed by atoms with Crippen LogP contribution in [0.4, 0.5) is 0 Å². The maximum atomic E-state index is 11.6. The van der Waals surface area contributed by atoms with Crippen LogP contribution in [-0.2, 0) is 11.3 Å². The predicted octanol–water partition coefficient (Wildman–Crippen LogP) is 0.402. The van der Waals surface area contributed by atoms with Gasteiger partial charge in [0.2, 0.25) is 5.91 Å². The van der Waals surface area contributed by atoms with Crippen LogP contribution >= 0.6 is 0 Å². The van der Waals surface area contributed by atoms with E-state index in [4.69, 9.17) is 5.73 Å². The van der Waals surface area contributed by atoms with Crippen LogP contribution in [0.15, 0.2) is 23.1 Å². The van der Waals surface area contributed by atoms with E-state index in [-0.39, 0.29) is 11.5 Å². The van der Waals surface area contributed by atoms with Gasteiger partial charge in [0.05, 0.1) is 0 Å². The van der Waals surface area contributed by atoms with Gasteiger partial charge in [-0.25, -0.2) is 0 Å². The minimum Gasteiger partial charge on any atom is -0.355 e. The second kappa shape index (κ2) is 7.66. The Morgan fingerprint density at radius 3 is 2.89 bits per heavy atom. The van der Waals surface area contributed by atoms with Crippen molar-refractivity contribution in [1.82, 2.24) is 9.88 Å². The fraction of sp³-hybridized carbons (Fsp3) is 0.538. The van der Waals surface area contributed by atoms with Crippen molar-refractivity contribution in [3.63, 3.8) is 0 Å². The van der Waals surface area contributed by atoms with Crippen molar-refractivity contribution in [2.24, 2.45) is 5.73 Å². The number of carbonyl (C=O) groups is 1. The third-order valence-corrected chi connectivity index (χ3v) is 2.67. The van der Waals surface area contributed by atoms with Crippen LogP contribution < -0.4 is 16.6 Å². The molecule has 1 heterocycles. The Labute approximate surface area is 107 Å². The van der Waals surface area contributed by atoms with Gasteiger partial charge in [0.15, 0.2) is 0 Å². The summed E-state index contributed by atoms with van der Waals surface area (Å²) in [5.41, 5.74) is 6.27. The third kappa shape index (κ3) is 5.14. The molecular formula is C13H21N3O2. The fourth-order valence-corrected chi connectivity index (χ4v) is 1.66. The van der Waals surface area contributed by atoms with Gasteiger partial charge < -0.3 is 15.6 Å². The SMILES string of the molecule is Cc1ccn(CCCCC(=O)NCCN)c(=O)c1. The van der Waals surface area contributed by atoms with Crippen LogP contribution in [0.1, 0.15) is 24.8 Å². The third-order valence-electron chi connectivity index (χ3n) is 2.67. The lowest BCUT2D eigenvalue weighted by Gasteiger charge is -2.06. The Kier molecular flexibility index (Phi) is 6.14. The van der Waals surface area contributed by atoms with Gasteiger partial charge >= 0.3 is 0 Å². The topological polar surface area (TPSA) is 77.1 Å². The lowest BCUT2D eigenvalue weighted by molar-refractivity contribution is -0.121. The highest BCUT2D eigenvalue weighted by Crippen LogP contribution is 1.99. The lowest BCUT2D eigenvalue weighted by atomic mass is 10.2. The minimum absolute atomic E-state index is 0.0163. The zero-order chi connectivity index (χ0) is 13.4. The summed E-state index contributed by atoms with van der Waals surface area (Å²) in [4.78, 5) is 22.9. The standard InChI is InChI=1S/C13H21N3O2/c1-11-5-9-16(13(18)10-11)8-3-2-4-12(17)15-7-6-14/h5,9-10H,2-4,6-8,14H2,1H3,(H,15,17). The van der Waals surface area contributed by atoms with Crippen LogP contribution in [0.2, 0.25) is 0 Å². The molecule has 0 unspecified atom stereocenters. The number of nitrogens with zero attached hydrogens (tertiary/aromatic N) is 1. The molecule has 0 bridgehead atoms. The molecule has 3 N–H and O–H groups in total. The fourth-order valence-electron chi connectivity index (χ4n) is 1.66. The van der Waals surface area contributed by atoms with E-state index < -0.39 is 0 Å². The molecule has 5 nitrogen and oxygen atoms in total. The molecule has 0 spiro atoms. The maximum Gasteiger partial charge on any atom is 0.250 e. The number of aromatic nitrogens is 1. The number of amides is 1. The van der Waals surface area contributed by atoms with E-state index in [0.717, 1.165) is 18.4 Å². The number of hydrogen-bond donors (Lipinski definition) is 2. The summed E-state index contributed by atoms with van der Waals surface area (Å²) < 4.78 is 1.67. The van der Waals surface area contributed by atoms with Crippen LogP contribution in [0.25, 0.3) is 0 Å². The zero-order valence-corrected chi connectivity index (χ0v) is 10.8. The van der Waals surface area contributed by atoms with E-state index in [0.29, 0.717) is 26.1 Å². The van der Waals surface area contributed by atoms with Crippen molar-refractivity contribution < 1.29 is 4.79 Å². The van der Waals surface area contributed by atoms with Crippen LogP contribution in [0.5, 0.6) is 0 Å². The number of aryl methyl sites for hydroxylation is 2. The maximum absolute atomic E-state index is 11.6. The summed E-state index contributed by atoms with van der Waals surface area (Å²) in [6.07, 6.45) is 3.88. The second-order valence-corrected chi connectivity index (χ2v) is 4.33. The van der Waals surface area contributed by atoms with Crippen LogP contribution in [-0.4, -0.2) is 23.6 Å². The van der Waals surface area contributed by atoms with E-state index in [1.165, 1.54) is 0 Å². The minimum atomic E-state index is 0.0163. The Hall–Kier alpha value is -1.62. The van der Waals surface area contributed by atoms with Gasteiger partial charge in [0.1, 0.15) is 0 Å². The normalized spacial score (nSPS) is 10.3. The molecule has 100 valence electrons. The number of rotatable bonds is 7. The molecule has 0 saturated carbocycles. The summed E-state index contributed by atoms with van der Waals surface area (Å²) >= 11 is 0. The molecule has 0 aliphatic rings. The van der Waals surface area contributed by atoms with Crippen molar-refractivity contribution >= 4 is 5.91 Å². The quantitative estimate of drug-likeness (QED) is 0.689. The molecule has 1 aromatic rings. The Morgan fingerprint density at radius 1 is 1.44 bits per heavy atom. The molecule has 1 amide bonds. The zero-order valence-electron chi connectivity index (χ0n) is 10.8. The molecule has 0 aliphatic carbocycles. The Bertz CT molecular complexity index is 440. The van der Waals surface area contributed by atoms with Gasteiger partial charge in [-0.1, -0.05) is 0 Å². The van der Waals surface area contributed by atoms with E-state index >= 15 is 0 Å². The van der Waals surface area contributed by atoms with E-state index in [2.05, 4.69) is 5.32 Å². The molecule has 1 aromatic heterocycles. The van der Waals surface area contributed by atoms with Crippen molar-refractivity contribution in [2.45, 2.75) is 32.7 Å². The first-order valence-corrected chi connectivity index (χ1v) is 6.27. The number of hydrogen-bond acceptors (Lipinski definition) is 3. The molecule has 0 atom stereocenters. The molecule has 0 aliphatic heterocycles. The summed E-state index contributed by atoms with van der Waals surface area (Å²) in [7, 11) is 0. The van der Waals surface area contributed by atoms with Gasteiger partial charge in [-0.15, -0.1) is 0 Å². The second-order valence-electron chi connectivity index (χ2n) is 4.33. The van der Waals surface area contributed by atoms with Crippen molar-refractivity contribution in [2.75, 3.05) is 13.1 Å². The number of unbranched alkanes of at least 4 members (excludes halogenated alkanes) is 1. The van der Waals surface area contributed by atoms with E-state index in [1.54, 1.807) is 16.8 Å². The van der Waals surface area contributed by atoms with Crippen LogP contribution in [0.3, 0.4) is 0 Å². The Balaban J connectivity index is 2.25. The van der Waals surface area contributed by atoms with Crippen molar-refractivity contribution in [3.05, 3.63) is 34.2 Å². The summed E-state index contributed by atoms with van der Waals surface area (Å²) in [6.45, 7) is 3.54. The average molecular weight is 251 g/mol. The van der Waals surface area contributed by atoms with Gasteiger partial charge in [-0.05, 0) is 31.4 Å². The summed E-state index contributed by atoms with van der Waals surface area (Å²) in [6, 6.07) is 3.53. The first-order chi connectivity index (χ1) is 8.63. The molecule has 0 aromatic carbocycles. The molecule has 5 heteroatoms. The number of nitrogens with one attached hydrogen (secondary N) is 1. The highest BCUT2D eigenvalue weighted by Gasteiger charge is 2.00. The first-order valence-electron chi connectivity index (χ1n) is 6.27. The smallest absolute Gasteiger partial charge is 0.250 e. The van der Waals surface area contributed by atoms with E-state index in [1.807, 2.05) is 13.0 Å². The molecule has 1 rings (SSSR count). The number of pyridine rings is 1. The molecule has 0 saturated heterocycles. The highest BCUT2D eigenvalue weighted by molar-refractivity contribution is 5.75. The van der Waals surface area contributed by atoms with Gasteiger partial charge in [0, 0.05) is 38.3 Å². The van der Waals surface area contributed by atoms with Crippen molar-refractivity contribution in [3.8, 4) is 0 Å². The van der Waals surface area contributed by atoms with Gasteiger partial charge in [0.25, 0.3) is 5.56 Å². The average Bonchev–Trinajstić information content (AvgIpc) is 2.34. The number of carbonyl (C=O) groups excluding carboxylic acids is 1. The molecule has 18 heavy (non-hydrogen) atoms. The molecular weight excluding hydrogens is 230 g/mol. The Morgan fingerprint density at radius 2 is 2.22 bits per heavy atom. The largest absolute Gasteiger partial charge is 0.355 e. The van der Waals surface area contributed by atoms with E-state index in [9.17, 15) is 9.59 Å². The predicted molar refractivity (Wildman–Crippen MR) is 71.4 cm³/mol. The molecule has 0 radical (unpaired) electrons. The first kappa shape index (κ1) is 14.4. The highest BCUT2D eigenvalue weighted by atomic mass is 16.1. The molecule has 0 fully saturated rings. The summed E-state index contributed by atoms with van der Waals surface area (Å²) in [5, 5.41) is 2.72. The monoisotopic (exact) mass is 251 g/mol. The number of nitrogens with two attached hydrogens (primary N) is 1. The van der Waals surface area contributed by atoms with Gasteiger partial charge in [-0.2, -0.15) is 0 Å². The lowest BCUT2D eigenvalue weighted by Crippen LogP contribution is -2.28. The van der Waals surface area contributed by atoms with Crippen molar-refractivity contribution in [1.29, 1.82) is 0 Å². The van der Waals surface area contributed by atoms with Gasteiger partial charge in [-0.3, -0.25) is 9.59 Å². The van der Waals surface area contributed by atoms with Crippen LogP contribution in [0, 0.1) is 6.92 Å².